The smallest absolute Gasteiger partial charge is 0.177 e. The van der Waals surface area contributed by atoms with Crippen molar-refractivity contribution in [3.8, 4) is 0 Å². The van der Waals surface area contributed by atoms with Crippen LogP contribution in [0.4, 0.5) is 0 Å². The van der Waals surface area contributed by atoms with Gasteiger partial charge in [-0.05, 0) is 12.2 Å². The van der Waals surface area contributed by atoms with Gasteiger partial charge in [0.1, 0.15) is 0 Å². The molecule has 18 heavy (non-hydrogen) atoms. The van der Waals surface area contributed by atoms with Crippen molar-refractivity contribution in [2.45, 2.75) is 4.34 Å². The molecule has 1 fully saturated rings. The van der Waals surface area contributed by atoms with E-state index in [2.05, 4.69) is 15.1 Å². The maximum absolute atomic E-state index is 5.33. The molecule has 0 amide bonds. The molecule has 1 aliphatic rings. The van der Waals surface area contributed by atoms with Crippen molar-refractivity contribution in [1.82, 2.24) is 15.1 Å². The number of ether oxygens (including phenoxy) is 1. The van der Waals surface area contributed by atoms with E-state index >= 15 is 0 Å². The van der Waals surface area contributed by atoms with Crippen LogP contribution in [0.1, 0.15) is 0 Å². The molecule has 0 aliphatic carbocycles. The van der Waals surface area contributed by atoms with Crippen molar-refractivity contribution < 1.29 is 4.74 Å². The fourth-order valence-corrected chi connectivity index (χ4v) is 4.78. The molecule has 1 aromatic rings. The summed E-state index contributed by atoms with van der Waals surface area (Å²) in [5, 5.41) is 6.93. The summed E-state index contributed by atoms with van der Waals surface area (Å²) in [5.41, 5.74) is 0. The normalized spacial score (nSPS) is 17.1. The number of rotatable bonds is 7. The van der Waals surface area contributed by atoms with E-state index in [0.29, 0.717) is 0 Å². The molecule has 0 bridgehead atoms. The molecule has 4 nitrogen and oxygen atoms in total. The number of aromatic amines is 1. The van der Waals surface area contributed by atoms with Gasteiger partial charge in [0.2, 0.25) is 0 Å². The number of hydrogen-bond donors (Lipinski definition) is 1. The molecular weight excluding hydrogens is 306 g/mol. The van der Waals surface area contributed by atoms with Crippen LogP contribution < -0.4 is 0 Å². The summed E-state index contributed by atoms with van der Waals surface area (Å²) < 4.78 is 7.14. The SMILES string of the molecule is S=c1[nH]nc(SCCSCCN2CCOCC2)s1. The van der Waals surface area contributed by atoms with Crippen molar-refractivity contribution in [1.29, 1.82) is 0 Å². The number of thioether (sulfide) groups is 2. The number of nitrogens with one attached hydrogen (secondary N) is 1. The Kier molecular flexibility index (Phi) is 7.03. The van der Waals surface area contributed by atoms with E-state index in [9.17, 15) is 0 Å². The number of nitrogens with zero attached hydrogens (tertiary/aromatic N) is 2. The van der Waals surface area contributed by atoms with Gasteiger partial charge in [-0.3, -0.25) is 10.00 Å². The van der Waals surface area contributed by atoms with E-state index in [1.54, 1.807) is 23.1 Å². The second kappa shape index (κ2) is 8.55. The second-order valence-electron chi connectivity index (χ2n) is 3.79. The highest BCUT2D eigenvalue weighted by Gasteiger charge is 2.09. The van der Waals surface area contributed by atoms with E-state index in [1.165, 1.54) is 18.1 Å². The van der Waals surface area contributed by atoms with E-state index in [0.717, 1.165) is 40.4 Å². The van der Waals surface area contributed by atoms with Gasteiger partial charge >= 0.3 is 0 Å². The minimum absolute atomic E-state index is 0.762. The van der Waals surface area contributed by atoms with Gasteiger partial charge in [0.15, 0.2) is 8.29 Å². The Hall–Kier alpha value is 0.400. The Bertz CT molecular complexity index is 388. The molecule has 1 N–H and O–H groups in total. The van der Waals surface area contributed by atoms with Crippen LogP contribution >= 0.6 is 47.1 Å². The predicted molar refractivity (Wildman–Crippen MR) is 82.6 cm³/mol. The molecule has 2 heterocycles. The summed E-state index contributed by atoms with van der Waals surface area (Å²) in [6.07, 6.45) is 0. The molecule has 1 saturated heterocycles. The summed E-state index contributed by atoms with van der Waals surface area (Å²) >= 11 is 10.3. The van der Waals surface area contributed by atoms with Gasteiger partial charge in [0.05, 0.1) is 13.2 Å². The summed E-state index contributed by atoms with van der Waals surface area (Å²) in [6, 6.07) is 0. The second-order valence-corrected chi connectivity index (χ2v) is 8.03. The molecule has 0 spiro atoms. The highest BCUT2D eigenvalue weighted by atomic mass is 32.2. The number of H-pyrrole nitrogens is 1. The zero-order valence-electron chi connectivity index (χ0n) is 10.1. The van der Waals surface area contributed by atoms with E-state index in [4.69, 9.17) is 17.0 Å². The fourth-order valence-electron chi connectivity index (χ4n) is 1.59. The average molecular weight is 324 g/mol. The van der Waals surface area contributed by atoms with E-state index in [1.807, 2.05) is 11.8 Å². The molecule has 1 aliphatic heterocycles. The molecule has 0 saturated carbocycles. The van der Waals surface area contributed by atoms with Crippen molar-refractivity contribution in [2.75, 3.05) is 50.1 Å². The van der Waals surface area contributed by atoms with Crippen LogP contribution in [0, 0.1) is 3.95 Å². The molecule has 2 rings (SSSR count). The maximum Gasteiger partial charge on any atom is 0.177 e. The summed E-state index contributed by atoms with van der Waals surface area (Å²) in [7, 11) is 0. The summed E-state index contributed by atoms with van der Waals surface area (Å²) in [6.45, 7) is 5.15. The lowest BCUT2D eigenvalue weighted by Crippen LogP contribution is -2.37. The first-order valence-electron chi connectivity index (χ1n) is 5.91. The standard InChI is InChI=1S/C10H17N3OS4/c15-9-11-12-10(18-9)17-8-7-16-6-3-13-1-4-14-5-2-13/h1-8H2,(H,11,15). The molecule has 0 radical (unpaired) electrons. The molecule has 102 valence electrons. The van der Waals surface area contributed by atoms with E-state index in [-0.39, 0.29) is 0 Å². The van der Waals surface area contributed by atoms with Gasteiger partial charge in [0, 0.05) is 36.9 Å². The lowest BCUT2D eigenvalue weighted by molar-refractivity contribution is 0.0410. The third kappa shape index (κ3) is 5.58. The van der Waals surface area contributed by atoms with Gasteiger partial charge in [-0.2, -0.15) is 16.9 Å². The maximum atomic E-state index is 5.33. The Morgan fingerprint density at radius 3 is 2.89 bits per heavy atom. The molecule has 0 aromatic carbocycles. The highest BCUT2D eigenvalue weighted by Crippen LogP contribution is 2.21. The van der Waals surface area contributed by atoms with Crippen molar-refractivity contribution >= 4 is 47.1 Å². The first kappa shape index (κ1) is 14.8. The molecule has 0 unspecified atom stereocenters. The Balaban J connectivity index is 1.47. The Morgan fingerprint density at radius 1 is 1.33 bits per heavy atom. The Morgan fingerprint density at radius 2 is 2.17 bits per heavy atom. The fraction of sp³-hybridized carbons (Fsp3) is 0.800. The predicted octanol–water partition coefficient (Wildman–Crippen LogP) is 2.36. The van der Waals surface area contributed by atoms with E-state index < -0.39 is 0 Å². The van der Waals surface area contributed by atoms with Gasteiger partial charge in [-0.15, -0.1) is 0 Å². The zero-order valence-corrected chi connectivity index (χ0v) is 13.4. The monoisotopic (exact) mass is 323 g/mol. The summed E-state index contributed by atoms with van der Waals surface area (Å²) in [5.74, 6) is 3.47. The lowest BCUT2D eigenvalue weighted by atomic mass is 10.4. The quantitative estimate of drug-likeness (QED) is 0.472. The largest absolute Gasteiger partial charge is 0.379 e. The summed E-state index contributed by atoms with van der Waals surface area (Å²) in [4.78, 5) is 2.48. The molecule has 8 heteroatoms. The van der Waals surface area contributed by atoms with Crippen LogP contribution in [0.25, 0.3) is 0 Å². The van der Waals surface area contributed by atoms with Crippen LogP contribution in [0.2, 0.25) is 0 Å². The number of aromatic nitrogens is 2. The van der Waals surface area contributed by atoms with Gasteiger partial charge < -0.3 is 4.74 Å². The lowest BCUT2D eigenvalue weighted by Gasteiger charge is -2.26. The molecule has 0 atom stereocenters. The first-order chi connectivity index (χ1) is 8.84. The third-order valence-corrected chi connectivity index (χ3v) is 5.98. The first-order valence-corrected chi connectivity index (χ1v) is 9.27. The van der Waals surface area contributed by atoms with Crippen LogP contribution in [-0.2, 0) is 4.74 Å². The zero-order chi connectivity index (χ0) is 12.6. The van der Waals surface area contributed by atoms with Gasteiger partial charge in [-0.1, -0.05) is 23.1 Å². The van der Waals surface area contributed by atoms with Crippen molar-refractivity contribution in [3.05, 3.63) is 3.95 Å². The minimum Gasteiger partial charge on any atom is -0.379 e. The number of morpholine rings is 1. The molecular formula is C10H17N3OS4. The van der Waals surface area contributed by atoms with Crippen LogP contribution in [0.3, 0.4) is 0 Å². The Labute approximate surface area is 125 Å². The minimum atomic E-state index is 0.762. The number of hydrogen-bond acceptors (Lipinski definition) is 7. The van der Waals surface area contributed by atoms with Crippen molar-refractivity contribution in [2.24, 2.45) is 0 Å². The van der Waals surface area contributed by atoms with Crippen LogP contribution in [-0.4, -0.2) is 65.2 Å². The van der Waals surface area contributed by atoms with Gasteiger partial charge in [0.25, 0.3) is 0 Å². The van der Waals surface area contributed by atoms with Crippen molar-refractivity contribution in [3.63, 3.8) is 0 Å². The van der Waals surface area contributed by atoms with Gasteiger partial charge in [-0.25, -0.2) is 0 Å². The van der Waals surface area contributed by atoms with Crippen LogP contribution in [0.5, 0.6) is 0 Å². The molecule has 1 aromatic heterocycles. The average Bonchev–Trinajstić information content (AvgIpc) is 2.81. The third-order valence-electron chi connectivity index (χ3n) is 2.53. The topological polar surface area (TPSA) is 41.2 Å². The van der Waals surface area contributed by atoms with Crippen LogP contribution in [0.15, 0.2) is 4.34 Å². The highest BCUT2D eigenvalue weighted by molar-refractivity contribution is 8.03.